The molecule has 1 heterocycles. The molecule has 0 spiro atoms. The summed E-state index contributed by atoms with van der Waals surface area (Å²) in [6.45, 7) is 1.40. The molecule has 1 aliphatic rings. The average molecular weight is 341 g/mol. The second-order valence-corrected chi connectivity index (χ2v) is 6.71. The highest BCUT2D eigenvalue weighted by atomic mass is 32.2. The van der Waals surface area contributed by atoms with Gasteiger partial charge in [0.25, 0.3) is 0 Å². The van der Waals surface area contributed by atoms with Gasteiger partial charge in [-0.1, -0.05) is 0 Å². The lowest BCUT2D eigenvalue weighted by Crippen LogP contribution is -2.40. The lowest BCUT2D eigenvalue weighted by molar-refractivity contribution is -0.134. The van der Waals surface area contributed by atoms with E-state index in [-0.39, 0.29) is 4.90 Å². The maximum atomic E-state index is 12.6. The first-order valence-electron chi connectivity index (χ1n) is 7.01. The Morgan fingerprint density at radius 2 is 1.96 bits per heavy atom. The zero-order chi connectivity index (χ0) is 16.9. The van der Waals surface area contributed by atoms with Gasteiger partial charge in [0.2, 0.25) is 10.0 Å². The smallest absolute Gasteiger partial charge is 0.330 e. The van der Waals surface area contributed by atoms with E-state index in [1.165, 1.54) is 42.8 Å². The van der Waals surface area contributed by atoms with Gasteiger partial charge in [0, 0.05) is 24.7 Å². The van der Waals surface area contributed by atoms with Crippen LogP contribution in [-0.4, -0.2) is 59.2 Å². The molecule has 8 heteroatoms. The Hall–Kier alpha value is -1.90. The first-order valence-corrected chi connectivity index (χ1v) is 8.45. The summed E-state index contributed by atoms with van der Waals surface area (Å²) in [5.74, 6) is -0.0698. The van der Waals surface area contributed by atoms with Gasteiger partial charge in [-0.25, -0.2) is 13.2 Å². The Morgan fingerprint density at radius 3 is 2.57 bits per heavy atom. The molecule has 0 radical (unpaired) electrons. The van der Waals surface area contributed by atoms with Crippen molar-refractivity contribution in [3.05, 3.63) is 29.8 Å². The molecule has 0 aliphatic carbocycles. The Morgan fingerprint density at radius 1 is 1.26 bits per heavy atom. The Bertz CT molecular complexity index is 692. The number of morpholine rings is 1. The number of methoxy groups -OCH3 is 2. The second-order valence-electron chi connectivity index (χ2n) is 4.78. The Labute approximate surface area is 135 Å². The zero-order valence-corrected chi connectivity index (χ0v) is 13.8. The number of esters is 1. The van der Waals surface area contributed by atoms with E-state index in [0.29, 0.717) is 37.6 Å². The van der Waals surface area contributed by atoms with Crippen LogP contribution in [0.5, 0.6) is 5.75 Å². The molecule has 1 aromatic rings. The van der Waals surface area contributed by atoms with Crippen LogP contribution in [0.3, 0.4) is 0 Å². The summed E-state index contributed by atoms with van der Waals surface area (Å²) >= 11 is 0. The van der Waals surface area contributed by atoms with Gasteiger partial charge in [0.15, 0.2) is 0 Å². The third kappa shape index (κ3) is 4.10. The third-order valence-electron chi connectivity index (χ3n) is 3.41. The minimum absolute atomic E-state index is 0.143. The number of hydrogen-bond donors (Lipinski definition) is 0. The van der Waals surface area contributed by atoms with Gasteiger partial charge in [-0.2, -0.15) is 4.31 Å². The molecule has 0 saturated carbocycles. The molecule has 1 aliphatic heterocycles. The topological polar surface area (TPSA) is 82.1 Å². The second kappa shape index (κ2) is 7.58. The quantitative estimate of drug-likeness (QED) is 0.585. The Kier molecular flexibility index (Phi) is 5.75. The highest BCUT2D eigenvalue weighted by Crippen LogP contribution is 2.26. The number of ether oxygens (including phenoxy) is 3. The lowest BCUT2D eigenvalue weighted by atomic mass is 10.2. The normalized spacial score (nSPS) is 16.4. The Balaban J connectivity index is 2.36. The molecule has 0 unspecified atom stereocenters. The SMILES string of the molecule is COC(=O)/C=C/c1cc(S(=O)(=O)N2CCOCC2)ccc1OC. The number of rotatable bonds is 5. The van der Waals surface area contributed by atoms with Gasteiger partial charge in [-0.15, -0.1) is 0 Å². The molecule has 7 nitrogen and oxygen atoms in total. The van der Waals surface area contributed by atoms with Crippen LogP contribution >= 0.6 is 0 Å². The summed E-state index contributed by atoms with van der Waals surface area (Å²) < 4.78 is 41.6. The fourth-order valence-corrected chi connectivity index (χ4v) is 3.61. The van der Waals surface area contributed by atoms with E-state index in [0.717, 1.165) is 0 Å². The van der Waals surface area contributed by atoms with Gasteiger partial charge in [0.05, 0.1) is 32.3 Å². The van der Waals surface area contributed by atoms with Gasteiger partial charge < -0.3 is 14.2 Å². The monoisotopic (exact) mass is 341 g/mol. The van der Waals surface area contributed by atoms with E-state index < -0.39 is 16.0 Å². The van der Waals surface area contributed by atoms with Crippen LogP contribution in [0.2, 0.25) is 0 Å². The number of sulfonamides is 1. The van der Waals surface area contributed by atoms with Gasteiger partial charge >= 0.3 is 5.97 Å². The van der Waals surface area contributed by atoms with Crippen LogP contribution in [0.15, 0.2) is 29.2 Å². The highest BCUT2D eigenvalue weighted by Gasteiger charge is 2.26. The largest absolute Gasteiger partial charge is 0.496 e. The van der Waals surface area contributed by atoms with Crippen molar-refractivity contribution in [3.8, 4) is 5.75 Å². The van der Waals surface area contributed by atoms with Crippen LogP contribution in [0.25, 0.3) is 6.08 Å². The minimum Gasteiger partial charge on any atom is -0.496 e. The summed E-state index contributed by atoms with van der Waals surface area (Å²) in [6, 6.07) is 4.52. The van der Waals surface area contributed by atoms with E-state index >= 15 is 0 Å². The van der Waals surface area contributed by atoms with Crippen molar-refractivity contribution in [1.29, 1.82) is 0 Å². The molecule has 0 N–H and O–H groups in total. The van der Waals surface area contributed by atoms with Crippen molar-refractivity contribution in [2.24, 2.45) is 0 Å². The molecule has 1 aromatic carbocycles. The molecular weight excluding hydrogens is 322 g/mol. The summed E-state index contributed by atoms with van der Waals surface area (Å²) in [7, 11) is -0.866. The summed E-state index contributed by atoms with van der Waals surface area (Å²) in [6.07, 6.45) is 2.67. The van der Waals surface area contributed by atoms with E-state index in [9.17, 15) is 13.2 Å². The van der Waals surface area contributed by atoms with E-state index in [1.54, 1.807) is 6.07 Å². The standard InChI is InChI=1S/C15H19NO6S/c1-20-14-5-4-13(11-12(14)3-6-15(17)21-2)23(18,19)16-7-9-22-10-8-16/h3-6,11H,7-10H2,1-2H3/b6-3+. The molecule has 1 saturated heterocycles. The van der Waals surface area contributed by atoms with Gasteiger partial charge in [0.1, 0.15) is 5.75 Å². The van der Waals surface area contributed by atoms with Crippen molar-refractivity contribution >= 4 is 22.1 Å². The van der Waals surface area contributed by atoms with E-state index in [4.69, 9.17) is 9.47 Å². The molecular formula is C15H19NO6S. The van der Waals surface area contributed by atoms with Gasteiger partial charge in [-0.05, 0) is 24.3 Å². The van der Waals surface area contributed by atoms with Crippen molar-refractivity contribution in [2.75, 3.05) is 40.5 Å². The number of benzene rings is 1. The number of carbonyl (C=O) groups is 1. The predicted molar refractivity (Wildman–Crippen MR) is 83.6 cm³/mol. The summed E-state index contributed by atoms with van der Waals surface area (Å²) in [5.41, 5.74) is 0.479. The van der Waals surface area contributed by atoms with Crippen molar-refractivity contribution in [1.82, 2.24) is 4.31 Å². The third-order valence-corrected chi connectivity index (χ3v) is 5.30. The van der Waals surface area contributed by atoms with Gasteiger partial charge in [-0.3, -0.25) is 0 Å². The number of nitrogens with zero attached hydrogens (tertiary/aromatic N) is 1. The van der Waals surface area contributed by atoms with E-state index in [1.807, 2.05) is 0 Å². The maximum Gasteiger partial charge on any atom is 0.330 e. The fourth-order valence-electron chi connectivity index (χ4n) is 2.17. The summed E-state index contributed by atoms with van der Waals surface area (Å²) in [5, 5.41) is 0. The fraction of sp³-hybridized carbons (Fsp3) is 0.400. The summed E-state index contributed by atoms with van der Waals surface area (Å²) in [4.78, 5) is 11.4. The average Bonchev–Trinajstić information content (AvgIpc) is 2.60. The van der Waals surface area contributed by atoms with Crippen molar-refractivity contribution in [2.45, 2.75) is 4.90 Å². The maximum absolute atomic E-state index is 12.6. The first kappa shape index (κ1) is 17.5. The van der Waals surface area contributed by atoms with Crippen molar-refractivity contribution in [3.63, 3.8) is 0 Å². The van der Waals surface area contributed by atoms with E-state index in [2.05, 4.69) is 4.74 Å². The molecule has 1 fully saturated rings. The van der Waals surface area contributed by atoms with Crippen LogP contribution in [0.4, 0.5) is 0 Å². The highest BCUT2D eigenvalue weighted by molar-refractivity contribution is 7.89. The minimum atomic E-state index is -3.61. The molecule has 0 atom stereocenters. The molecule has 23 heavy (non-hydrogen) atoms. The van der Waals surface area contributed by atoms with Crippen LogP contribution in [0, 0.1) is 0 Å². The van der Waals surface area contributed by atoms with Crippen LogP contribution in [0.1, 0.15) is 5.56 Å². The number of hydrogen-bond acceptors (Lipinski definition) is 6. The molecule has 2 rings (SSSR count). The predicted octanol–water partition coefficient (Wildman–Crippen LogP) is 0.902. The molecule has 0 bridgehead atoms. The molecule has 0 aromatic heterocycles. The molecule has 126 valence electrons. The lowest BCUT2D eigenvalue weighted by Gasteiger charge is -2.26. The first-order chi connectivity index (χ1) is 11.0. The van der Waals surface area contributed by atoms with Crippen LogP contribution in [-0.2, 0) is 24.3 Å². The zero-order valence-electron chi connectivity index (χ0n) is 13.0. The number of carbonyl (C=O) groups excluding carboxylic acids is 1. The van der Waals surface area contributed by atoms with Crippen LogP contribution < -0.4 is 4.74 Å². The van der Waals surface area contributed by atoms with Crippen molar-refractivity contribution < 1.29 is 27.4 Å². The molecule has 0 amide bonds.